The van der Waals surface area contributed by atoms with Crippen molar-refractivity contribution in [2.24, 2.45) is 0 Å². The fourth-order valence-corrected chi connectivity index (χ4v) is 1.28. The first-order valence-electron chi connectivity index (χ1n) is 4.63. The molecule has 78 valence electrons. The monoisotopic (exact) mass is 211 g/mol. The third-order valence-electron chi connectivity index (χ3n) is 2.03. The molecule has 1 unspecified atom stereocenters. The molecule has 0 fully saturated rings. The van der Waals surface area contributed by atoms with Crippen LogP contribution >= 0.6 is 11.8 Å². The number of rotatable bonds is 4. The normalized spacial score (nSPS) is 12.5. The van der Waals surface area contributed by atoms with Crippen molar-refractivity contribution in [3.05, 3.63) is 17.8 Å². The van der Waals surface area contributed by atoms with E-state index in [0.717, 1.165) is 18.1 Å². The minimum absolute atomic E-state index is 0.566. The summed E-state index contributed by atoms with van der Waals surface area (Å²) < 4.78 is 0. The summed E-state index contributed by atoms with van der Waals surface area (Å²) in [5.74, 6) is 0.797. The maximum Gasteiger partial charge on any atom is 0.149 e. The van der Waals surface area contributed by atoms with Gasteiger partial charge in [-0.3, -0.25) is 0 Å². The molecule has 0 amide bonds. The summed E-state index contributed by atoms with van der Waals surface area (Å²) >= 11 is 1.82. The molecule has 0 aliphatic carbocycles. The number of nitrogens with zero attached hydrogens (tertiary/aromatic N) is 1. The summed E-state index contributed by atoms with van der Waals surface area (Å²) in [5, 5.41) is 3.81. The fourth-order valence-electron chi connectivity index (χ4n) is 1.03. The Hall–Kier alpha value is -0.900. The van der Waals surface area contributed by atoms with Crippen LogP contribution in [0.4, 0.5) is 11.5 Å². The van der Waals surface area contributed by atoms with Crippen molar-refractivity contribution in [3.8, 4) is 0 Å². The Morgan fingerprint density at radius 1 is 1.57 bits per heavy atom. The van der Waals surface area contributed by atoms with E-state index in [9.17, 15) is 0 Å². The van der Waals surface area contributed by atoms with Crippen molar-refractivity contribution in [1.82, 2.24) is 4.98 Å². The molecule has 0 bridgehead atoms. The molecule has 1 atom stereocenters. The number of hydrogen-bond donors (Lipinski definition) is 2. The van der Waals surface area contributed by atoms with Crippen molar-refractivity contribution in [2.45, 2.75) is 19.1 Å². The topological polar surface area (TPSA) is 50.9 Å². The molecular weight excluding hydrogens is 194 g/mol. The highest BCUT2D eigenvalue weighted by Gasteiger charge is 2.03. The second kappa shape index (κ2) is 5.10. The van der Waals surface area contributed by atoms with Crippen LogP contribution in [0.15, 0.2) is 12.1 Å². The van der Waals surface area contributed by atoms with Crippen LogP contribution in [-0.2, 0) is 0 Å². The van der Waals surface area contributed by atoms with Gasteiger partial charge in [0.2, 0.25) is 0 Å². The zero-order valence-corrected chi connectivity index (χ0v) is 9.69. The number of pyridine rings is 1. The Labute approximate surface area is 89.5 Å². The van der Waals surface area contributed by atoms with E-state index in [2.05, 4.69) is 23.5 Å². The molecule has 1 rings (SSSR count). The molecule has 3 nitrogen and oxygen atoms in total. The molecule has 0 radical (unpaired) electrons. The Morgan fingerprint density at radius 3 is 2.93 bits per heavy atom. The number of nitrogens with two attached hydrogens (primary N) is 1. The van der Waals surface area contributed by atoms with Crippen LogP contribution in [0.5, 0.6) is 0 Å². The van der Waals surface area contributed by atoms with Gasteiger partial charge in [0.25, 0.3) is 0 Å². The molecule has 1 heterocycles. The average Bonchev–Trinajstić information content (AvgIpc) is 2.19. The molecule has 4 heteroatoms. The third-order valence-corrected chi connectivity index (χ3v) is 3.00. The van der Waals surface area contributed by atoms with Gasteiger partial charge < -0.3 is 11.1 Å². The first-order valence-corrected chi connectivity index (χ1v) is 5.92. The summed E-state index contributed by atoms with van der Waals surface area (Å²) in [6, 6.07) is 3.80. The van der Waals surface area contributed by atoms with Crippen molar-refractivity contribution >= 4 is 23.3 Å². The van der Waals surface area contributed by atoms with Gasteiger partial charge >= 0.3 is 0 Å². The van der Waals surface area contributed by atoms with Gasteiger partial charge in [0.05, 0.1) is 5.69 Å². The van der Waals surface area contributed by atoms with Gasteiger partial charge in [-0.05, 0) is 25.3 Å². The third kappa shape index (κ3) is 3.10. The smallest absolute Gasteiger partial charge is 0.149 e. The van der Waals surface area contributed by atoms with E-state index in [1.54, 1.807) is 0 Å². The Kier molecular flexibility index (Phi) is 4.07. The average molecular weight is 211 g/mol. The molecule has 0 aliphatic heterocycles. The maximum atomic E-state index is 5.79. The summed E-state index contributed by atoms with van der Waals surface area (Å²) in [5.41, 5.74) is 7.48. The van der Waals surface area contributed by atoms with Gasteiger partial charge in [0.1, 0.15) is 5.82 Å². The van der Waals surface area contributed by atoms with Crippen molar-refractivity contribution in [1.29, 1.82) is 0 Å². The minimum Gasteiger partial charge on any atom is -0.396 e. The van der Waals surface area contributed by atoms with Crippen molar-refractivity contribution in [3.63, 3.8) is 0 Å². The maximum absolute atomic E-state index is 5.79. The Bertz CT molecular complexity index is 301. The predicted molar refractivity (Wildman–Crippen MR) is 64.9 cm³/mol. The van der Waals surface area contributed by atoms with Crippen LogP contribution in [-0.4, -0.2) is 23.0 Å². The van der Waals surface area contributed by atoms with Crippen LogP contribution in [0, 0.1) is 6.92 Å². The van der Waals surface area contributed by atoms with Crippen molar-refractivity contribution in [2.75, 3.05) is 23.9 Å². The highest BCUT2D eigenvalue weighted by Crippen LogP contribution is 2.16. The van der Waals surface area contributed by atoms with Crippen LogP contribution in [0.3, 0.4) is 0 Å². The summed E-state index contributed by atoms with van der Waals surface area (Å²) in [6.07, 6.45) is 2.10. The van der Waals surface area contributed by atoms with Gasteiger partial charge in [0.15, 0.2) is 0 Å². The van der Waals surface area contributed by atoms with Gasteiger partial charge in [-0.15, -0.1) is 0 Å². The second-order valence-electron chi connectivity index (χ2n) is 3.32. The number of nitrogen functional groups attached to an aromatic ring is 1. The van der Waals surface area contributed by atoms with E-state index in [-0.39, 0.29) is 0 Å². The number of nitrogens with one attached hydrogen (secondary N) is 1. The minimum atomic E-state index is 0.566. The highest BCUT2D eigenvalue weighted by molar-refractivity contribution is 7.99. The molecule has 1 aromatic rings. The fraction of sp³-hybridized carbons (Fsp3) is 0.500. The van der Waals surface area contributed by atoms with Crippen LogP contribution in [0.1, 0.15) is 12.6 Å². The van der Waals surface area contributed by atoms with Gasteiger partial charge in [-0.1, -0.05) is 6.92 Å². The van der Waals surface area contributed by atoms with Crippen LogP contribution in [0.2, 0.25) is 0 Å². The Balaban J connectivity index is 2.62. The lowest BCUT2D eigenvalue weighted by atomic mass is 10.3. The molecule has 1 aromatic heterocycles. The van der Waals surface area contributed by atoms with Gasteiger partial charge in [-0.2, -0.15) is 11.8 Å². The largest absolute Gasteiger partial charge is 0.396 e. The predicted octanol–water partition coefficient (Wildman–Crippen LogP) is 2.14. The van der Waals surface area contributed by atoms with E-state index in [1.807, 2.05) is 30.8 Å². The summed E-state index contributed by atoms with van der Waals surface area (Å²) in [7, 11) is 0. The SMILES string of the molecule is CSC(C)CNc1nc(C)ccc1N. The molecule has 14 heavy (non-hydrogen) atoms. The van der Waals surface area contributed by atoms with E-state index < -0.39 is 0 Å². The molecule has 0 saturated heterocycles. The van der Waals surface area contributed by atoms with Crippen molar-refractivity contribution < 1.29 is 0 Å². The van der Waals surface area contributed by atoms with E-state index in [4.69, 9.17) is 5.73 Å². The molecule has 0 saturated carbocycles. The van der Waals surface area contributed by atoms with E-state index >= 15 is 0 Å². The number of aryl methyl sites for hydroxylation is 1. The standard InChI is InChI=1S/C10H17N3S/c1-7-4-5-9(11)10(13-7)12-6-8(2)14-3/h4-5,8H,6,11H2,1-3H3,(H,12,13). The highest BCUT2D eigenvalue weighted by atomic mass is 32.2. The molecular formula is C10H17N3S. The number of anilines is 2. The summed E-state index contributed by atoms with van der Waals surface area (Å²) in [4.78, 5) is 4.33. The molecule has 0 aromatic carbocycles. The summed E-state index contributed by atoms with van der Waals surface area (Å²) in [6.45, 7) is 5.02. The van der Waals surface area contributed by atoms with Gasteiger partial charge in [-0.25, -0.2) is 4.98 Å². The van der Waals surface area contributed by atoms with Crippen LogP contribution in [0.25, 0.3) is 0 Å². The van der Waals surface area contributed by atoms with E-state index in [1.165, 1.54) is 0 Å². The molecule has 0 spiro atoms. The lowest BCUT2D eigenvalue weighted by Crippen LogP contribution is -2.14. The Morgan fingerprint density at radius 2 is 2.29 bits per heavy atom. The lowest BCUT2D eigenvalue weighted by molar-refractivity contribution is 0.988. The zero-order valence-electron chi connectivity index (χ0n) is 8.87. The van der Waals surface area contributed by atoms with Gasteiger partial charge in [0, 0.05) is 17.5 Å². The number of hydrogen-bond acceptors (Lipinski definition) is 4. The molecule has 3 N–H and O–H groups in total. The molecule has 0 aliphatic rings. The van der Waals surface area contributed by atoms with Crippen LogP contribution < -0.4 is 11.1 Å². The number of aromatic nitrogens is 1. The van der Waals surface area contributed by atoms with E-state index in [0.29, 0.717) is 10.9 Å². The quantitative estimate of drug-likeness (QED) is 0.801. The second-order valence-corrected chi connectivity index (χ2v) is 4.59. The first kappa shape index (κ1) is 11.2. The number of thioether (sulfide) groups is 1. The lowest BCUT2D eigenvalue weighted by Gasteiger charge is -2.12. The first-order chi connectivity index (χ1) is 6.63. The zero-order chi connectivity index (χ0) is 10.6.